The topological polar surface area (TPSA) is 116 Å². The van der Waals surface area contributed by atoms with Crippen molar-refractivity contribution in [1.82, 2.24) is 15.1 Å². The maximum absolute atomic E-state index is 13.0. The fraction of sp³-hybridized carbons (Fsp3) is 0.231. The first-order chi connectivity index (χ1) is 24.4. The number of halogens is 3. The summed E-state index contributed by atoms with van der Waals surface area (Å²) in [4.78, 5) is 52.6. The number of carboxylic acids is 1. The van der Waals surface area contributed by atoms with Crippen LogP contribution in [0.3, 0.4) is 0 Å². The van der Waals surface area contributed by atoms with Crippen LogP contribution < -0.4 is 10.1 Å². The molecule has 9 nitrogen and oxygen atoms in total. The van der Waals surface area contributed by atoms with Gasteiger partial charge >= 0.3 is 18.1 Å². The number of ether oxygens (including phenoxy) is 1. The van der Waals surface area contributed by atoms with Crippen LogP contribution in [-0.2, 0) is 33.6 Å². The van der Waals surface area contributed by atoms with Crippen molar-refractivity contribution in [1.29, 1.82) is 0 Å². The molecule has 1 fully saturated rings. The number of alkyl halides is 3. The quantitative estimate of drug-likeness (QED) is 0.132. The third-order valence-corrected chi connectivity index (χ3v) is 8.45. The van der Waals surface area contributed by atoms with Crippen LogP contribution >= 0.6 is 0 Å². The van der Waals surface area contributed by atoms with Crippen LogP contribution in [0.1, 0.15) is 45.5 Å². The number of para-hydroxylation sites is 1. The number of carboxylic acid groups (broad SMARTS) is 1. The first kappa shape index (κ1) is 36.4. The second-order valence-electron chi connectivity index (χ2n) is 12.2. The van der Waals surface area contributed by atoms with E-state index in [1.807, 2.05) is 54.6 Å². The highest BCUT2D eigenvalue weighted by Crippen LogP contribution is 2.30. The molecule has 0 aromatic heterocycles. The van der Waals surface area contributed by atoms with Gasteiger partial charge in [0.2, 0.25) is 5.91 Å². The second kappa shape index (κ2) is 16.7. The summed E-state index contributed by atoms with van der Waals surface area (Å²) in [6.45, 7) is 1.17. The average molecular weight is 700 g/mol. The Balaban J connectivity index is 1.10. The molecule has 0 aliphatic carbocycles. The lowest BCUT2D eigenvalue weighted by molar-refractivity contribution is -0.156. The Bertz CT molecular complexity index is 1850. The Hall–Kier alpha value is -5.91. The fourth-order valence-corrected chi connectivity index (χ4v) is 5.66. The Morgan fingerprint density at radius 3 is 2.14 bits per heavy atom. The molecule has 3 amide bonds. The summed E-state index contributed by atoms with van der Waals surface area (Å²) in [5, 5.41) is 12.3. The van der Waals surface area contributed by atoms with E-state index in [0.29, 0.717) is 49.4 Å². The number of piperidine rings is 1. The maximum atomic E-state index is 13.0. The molecule has 0 atom stereocenters. The van der Waals surface area contributed by atoms with Gasteiger partial charge in [-0.05, 0) is 90.1 Å². The van der Waals surface area contributed by atoms with E-state index in [1.54, 1.807) is 29.2 Å². The van der Waals surface area contributed by atoms with E-state index in [2.05, 4.69) is 5.32 Å². The molecule has 0 unspecified atom stereocenters. The van der Waals surface area contributed by atoms with Crippen molar-refractivity contribution in [3.8, 4) is 11.5 Å². The minimum atomic E-state index is -4.49. The molecular weight excluding hydrogens is 663 g/mol. The number of carbonyl (C=O) groups is 4. The molecule has 1 aliphatic heterocycles. The zero-order valence-corrected chi connectivity index (χ0v) is 27.5. The van der Waals surface area contributed by atoms with Crippen molar-refractivity contribution in [2.24, 2.45) is 5.92 Å². The Morgan fingerprint density at radius 1 is 0.843 bits per heavy atom. The van der Waals surface area contributed by atoms with Gasteiger partial charge in [-0.3, -0.25) is 14.4 Å². The van der Waals surface area contributed by atoms with Crippen LogP contribution in [0.4, 0.5) is 13.2 Å². The number of hydrogen-bond acceptors (Lipinski definition) is 5. The van der Waals surface area contributed by atoms with E-state index in [1.165, 1.54) is 29.2 Å². The van der Waals surface area contributed by atoms with Gasteiger partial charge in [0, 0.05) is 44.4 Å². The minimum Gasteiger partial charge on any atom is -0.474 e. The number of amides is 3. The van der Waals surface area contributed by atoms with Gasteiger partial charge in [0.15, 0.2) is 0 Å². The molecular formula is C39H36F3N3O6. The third-order valence-electron chi connectivity index (χ3n) is 8.45. The smallest absolute Gasteiger partial charge is 0.416 e. The predicted octanol–water partition coefficient (Wildman–Crippen LogP) is 6.79. The summed E-state index contributed by atoms with van der Waals surface area (Å²) >= 11 is 0. The van der Waals surface area contributed by atoms with E-state index < -0.39 is 23.6 Å². The van der Waals surface area contributed by atoms with E-state index >= 15 is 0 Å². The summed E-state index contributed by atoms with van der Waals surface area (Å²) in [5.74, 6) is -1.97. The summed E-state index contributed by atoms with van der Waals surface area (Å²) in [6, 6.07) is 28.0. The van der Waals surface area contributed by atoms with Crippen molar-refractivity contribution >= 4 is 29.8 Å². The molecule has 0 radical (unpaired) electrons. The van der Waals surface area contributed by atoms with Crippen molar-refractivity contribution in [2.45, 2.75) is 32.1 Å². The van der Waals surface area contributed by atoms with E-state index in [-0.39, 0.29) is 36.4 Å². The number of hydrogen-bond donors (Lipinski definition) is 2. The van der Waals surface area contributed by atoms with Gasteiger partial charge in [0.1, 0.15) is 11.5 Å². The van der Waals surface area contributed by atoms with Gasteiger partial charge in [-0.15, -0.1) is 0 Å². The minimum absolute atomic E-state index is 0.0172. The molecule has 4 aromatic carbocycles. The first-order valence-corrected chi connectivity index (χ1v) is 16.3. The third kappa shape index (κ3) is 10.5. The Labute approximate surface area is 293 Å². The molecule has 0 bridgehead atoms. The molecule has 4 aromatic rings. The number of nitrogens with zero attached hydrogens (tertiary/aromatic N) is 2. The molecule has 1 saturated heterocycles. The zero-order valence-electron chi connectivity index (χ0n) is 27.5. The largest absolute Gasteiger partial charge is 0.474 e. The molecule has 0 saturated carbocycles. The lowest BCUT2D eigenvalue weighted by atomic mass is 9.95. The molecule has 1 heterocycles. The highest BCUT2D eigenvalue weighted by molar-refractivity contribution is 6.31. The zero-order chi connectivity index (χ0) is 36.4. The molecule has 0 spiro atoms. The Kier molecular flexibility index (Phi) is 11.9. The van der Waals surface area contributed by atoms with Gasteiger partial charge in [-0.25, -0.2) is 4.79 Å². The number of likely N-dealkylation sites (tertiary alicyclic amines) is 1. The highest BCUT2D eigenvalue weighted by Gasteiger charge is 2.30. The molecule has 5 rings (SSSR count). The maximum Gasteiger partial charge on any atom is 0.416 e. The van der Waals surface area contributed by atoms with E-state index in [0.717, 1.165) is 23.4 Å². The summed E-state index contributed by atoms with van der Waals surface area (Å²) in [7, 11) is 0. The molecule has 1 aliphatic rings. The number of aliphatic carboxylic acids is 1. The van der Waals surface area contributed by atoms with Crippen molar-refractivity contribution in [2.75, 3.05) is 19.6 Å². The number of nitrogens with one attached hydrogen (secondary N) is 1. The lowest BCUT2D eigenvalue weighted by Crippen LogP contribution is -2.44. The highest BCUT2D eigenvalue weighted by atomic mass is 19.4. The lowest BCUT2D eigenvalue weighted by Gasteiger charge is -2.34. The van der Waals surface area contributed by atoms with Gasteiger partial charge in [-0.2, -0.15) is 13.2 Å². The SMILES string of the molecule is O=C(O)C(=O)N(Cc1ccc(C(=O)NCc2ccc(Oc3ccccc3)cc2)cc1)CC1CCN(C(=O)C=Cc2cccc(C(F)(F)F)c2)CC1. The average Bonchev–Trinajstić information content (AvgIpc) is 3.13. The van der Waals surface area contributed by atoms with Gasteiger partial charge in [0.05, 0.1) is 5.56 Å². The Morgan fingerprint density at radius 2 is 1.49 bits per heavy atom. The second-order valence-corrected chi connectivity index (χ2v) is 12.2. The molecule has 51 heavy (non-hydrogen) atoms. The van der Waals surface area contributed by atoms with Crippen molar-refractivity contribution in [3.63, 3.8) is 0 Å². The first-order valence-electron chi connectivity index (χ1n) is 16.3. The van der Waals surface area contributed by atoms with E-state index in [9.17, 15) is 37.5 Å². The van der Waals surface area contributed by atoms with Crippen LogP contribution in [-0.4, -0.2) is 58.2 Å². The van der Waals surface area contributed by atoms with Crippen LogP contribution in [0.25, 0.3) is 6.08 Å². The predicted molar refractivity (Wildman–Crippen MR) is 183 cm³/mol. The van der Waals surface area contributed by atoms with E-state index in [4.69, 9.17) is 4.74 Å². The number of benzene rings is 4. The van der Waals surface area contributed by atoms with Crippen molar-refractivity contribution < 1.29 is 42.2 Å². The van der Waals surface area contributed by atoms with Gasteiger partial charge in [-0.1, -0.05) is 54.6 Å². The number of carbonyl (C=O) groups excluding carboxylic acids is 3. The summed E-state index contributed by atoms with van der Waals surface area (Å²) in [6.07, 6.45) is -0.893. The van der Waals surface area contributed by atoms with Crippen LogP contribution in [0.5, 0.6) is 11.5 Å². The molecule has 12 heteroatoms. The van der Waals surface area contributed by atoms with Crippen molar-refractivity contribution in [3.05, 3.63) is 137 Å². The van der Waals surface area contributed by atoms with Crippen LogP contribution in [0.2, 0.25) is 0 Å². The summed E-state index contributed by atoms with van der Waals surface area (Å²) < 4.78 is 44.8. The monoisotopic (exact) mass is 699 g/mol. The molecule has 264 valence electrons. The van der Waals surface area contributed by atoms with Crippen LogP contribution in [0, 0.1) is 5.92 Å². The molecule has 2 N–H and O–H groups in total. The standard InChI is InChI=1S/C39H36F3N3O6/c40-39(41,42)32-6-4-5-27(23-32)13-18-35(46)44-21-19-30(20-22-44)26-45(37(48)38(49)50)25-29-9-14-31(15-10-29)36(47)43-24-28-11-16-34(17-12-28)51-33-7-2-1-3-8-33/h1-18,23,30H,19-22,24-26H2,(H,43,47)(H,49,50). The van der Waals surface area contributed by atoms with Crippen LogP contribution in [0.15, 0.2) is 109 Å². The number of rotatable bonds is 11. The summed E-state index contributed by atoms with van der Waals surface area (Å²) in [5.41, 5.74) is 1.37. The normalized spacial score (nSPS) is 13.5. The fourth-order valence-electron chi connectivity index (χ4n) is 5.66. The van der Waals surface area contributed by atoms with Gasteiger partial charge in [0.25, 0.3) is 5.91 Å². The van der Waals surface area contributed by atoms with Gasteiger partial charge < -0.3 is 25.0 Å².